The van der Waals surface area contributed by atoms with Gasteiger partial charge in [-0.15, -0.1) is 0 Å². The van der Waals surface area contributed by atoms with Gasteiger partial charge >= 0.3 is 0 Å². The van der Waals surface area contributed by atoms with Gasteiger partial charge in [-0.2, -0.15) is 5.10 Å². The Labute approximate surface area is 166 Å². The lowest BCUT2D eigenvalue weighted by Crippen LogP contribution is -2.44. The number of rotatable bonds is 7. The number of nitrogens with zero attached hydrogens (tertiary/aromatic N) is 2. The molecule has 0 spiro atoms. The van der Waals surface area contributed by atoms with Gasteiger partial charge in [-0.3, -0.25) is 14.5 Å². The fourth-order valence-electron chi connectivity index (χ4n) is 2.65. The topological polar surface area (TPSA) is 120 Å². The average Bonchev–Trinajstić information content (AvgIpc) is 2.73. The number of hydrogen-bond donors (Lipinski definition) is 1. The number of fused-ring (bicyclic) bond motifs is 1. The summed E-state index contributed by atoms with van der Waals surface area (Å²) >= 11 is 0. The number of carboxylic acid groups (broad SMARTS) is 1. The summed E-state index contributed by atoms with van der Waals surface area (Å²) in [5.74, 6) is -1.16. The molecule has 0 aliphatic carbocycles. The summed E-state index contributed by atoms with van der Waals surface area (Å²) in [4.78, 5) is 36.1. The zero-order valence-corrected chi connectivity index (χ0v) is 15.6. The first-order valence-electron chi connectivity index (χ1n) is 8.72. The highest BCUT2D eigenvalue weighted by Gasteiger charge is 2.26. The number of aliphatic carboxylic acids is 1. The summed E-state index contributed by atoms with van der Waals surface area (Å²) in [5.41, 5.74) is 4.20. The van der Waals surface area contributed by atoms with Crippen molar-refractivity contribution in [2.45, 2.75) is 6.92 Å². The van der Waals surface area contributed by atoms with Gasteiger partial charge in [-0.05, 0) is 48.9 Å². The predicted octanol–water partition coefficient (Wildman–Crippen LogP) is 0.0811. The van der Waals surface area contributed by atoms with Crippen LogP contribution in [-0.4, -0.2) is 43.3 Å². The van der Waals surface area contributed by atoms with Gasteiger partial charge in [0.25, 0.3) is 11.8 Å². The maximum atomic E-state index is 12.3. The number of hydrogen-bond acceptors (Lipinski definition) is 7. The largest absolute Gasteiger partial charge is 0.546 e. The minimum Gasteiger partial charge on any atom is -0.546 e. The van der Waals surface area contributed by atoms with Crippen molar-refractivity contribution in [2.24, 2.45) is 5.10 Å². The van der Waals surface area contributed by atoms with E-state index in [0.717, 1.165) is 0 Å². The van der Waals surface area contributed by atoms with Crippen molar-refractivity contribution < 1.29 is 29.0 Å². The maximum Gasteiger partial charge on any atom is 0.265 e. The zero-order chi connectivity index (χ0) is 20.8. The molecule has 2 aromatic rings. The summed E-state index contributed by atoms with van der Waals surface area (Å²) in [6, 6.07) is 13.5. The molecule has 1 heterocycles. The number of carboxylic acids is 1. The molecule has 3 rings (SSSR count). The Hall–Kier alpha value is -3.88. The molecule has 0 aromatic heterocycles. The van der Waals surface area contributed by atoms with Gasteiger partial charge < -0.3 is 19.4 Å². The van der Waals surface area contributed by atoms with Crippen LogP contribution in [0.2, 0.25) is 0 Å². The Balaban J connectivity index is 1.60. The monoisotopic (exact) mass is 396 g/mol. The van der Waals surface area contributed by atoms with Gasteiger partial charge in [-0.25, -0.2) is 5.43 Å². The van der Waals surface area contributed by atoms with Crippen LogP contribution in [0.4, 0.5) is 5.69 Å². The number of ether oxygens (including phenoxy) is 2. The number of carbonyl (C=O) groups excluding carboxylic acids is 3. The molecule has 9 heteroatoms. The second kappa shape index (κ2) is 8.87. The van der Waals surface area contributed by atoms with E-state index in [4.69, 9.17) is 9.47 Å². The van der Waals surface area contributed by atoms with Crippen molar-refractivity contribution in [1.82, 2.24) is 5.43 Å². The molecule has 1 N–H and O–H groups in total. The van der Waals surface area contributed by atoms with E-state index in [0.29, 0.717) is 28.5 Å². The fourth-order valence-corrected chi connectivity index (χ4v) is 2.65. The van der Waals surface area contributed by atoms with Crippen LogP contribution in [0.5, 0.6) is 11.5 Å². The lowest BCUT2D eigenvalue weighted by Gasteiger charge is -2.28. The van der Waals surface area contributed by atoms with E-state index in [-0.39, 0.29) is 19.1 Å². The predicted molar refractivity (Wildman–Crippen MR) is 102 cm³/mol. The second-order valence-corrected chi connectivity index (χ2v) is 6.15. The Morgan fingerprint density at radius 1 is 1.21 bits per heavy atom. The van der Waals surface area contributed by atoms with Crippen molar-refractivity contribution >= 4 is 29.2 Å². The normalized spacial score (nSPS) is 13.3. The second-order valence-electron chi connectivity index (χ2n) is 6.15. The lowest BCUT2D eigenvalue weighted by molar-refractivity contribution is -0.307. The van der Waals surface area contributed by atoms with Crippen molar-refractivity contribution in [2.75, 3.05) is 24.7 Å². The summed E-state index contributed by atoms with van der Waals surface area (Å²) in [5, 5.41) is 14.4. The summed E-state index contributed by atoms with van der Waals surface area (Å²) in [6.45, 7) is 0.850. The van der Waals surface area contributed by atoms with E-state index in [1.54, 1.807) is 55.5 Å². The highest BCUT2D eigenvalue weighted by molar-refractivity contribution is 6.03. The zero-order valence-electron chi connectivity index (χ0n) is 15.6. The first kappa shape index (κ1) is 19.9. The molecular weight excluding hydrogens is 378 g/mol. The Morgan fingerprint density at radius 3 is 2.66 bits per heavy atom. The summed E-state index contributed by atoms with van der Waals surface area (Å²) in [7, 11) is 0. The molecule has 0 saturated heterocycles. The van der Waals surface area contributed by atoms with Gasteiger partial charge in [0.05, 0.1) is 17.4 Å². The summed E-state index contributed by atoms with van der Waals surface area (Å²) in [6.07, 6.45) is 0. The van der Waals surface area contributed by atoms with Crippen LogP contribution in [0.3, 0.4) is 0 Å². The molecule has 1 aliphatic rings. The van der Waals surface area contributed by atoms with E-state index in [1.165, 1.54) is 4.90 Å². The third-order valence-electron chi connectivity index (χ3n) is 4.09. The quantitative estimate of drug-likeness (QED) is 0.523. The SMILES string of the molecule is C/C(=N/NC(=O)CN1C(=O)COc2ccccc21)c1ccc(OCC(=O)[O-])cc1. The molecule has 9 nitrogen and oxygen atoms in total. The molecule has 2 aromatic carbocycles. The number of para-hydroxylation sites is 2. The smallest absolute Gasteiger partial charge is 0.265 e. The molecule has 2 amide bonds. The number of benzene rings is 2. The molecule has 0 radical (unpaired) electrons. The van der Waals surface area contributed by atoms with E-state index < -0.39 is 18.5 Å². The van der Waals surface area contributed by atoms with E-state index in [2.05, 4.69) is 10.5 Å². The van der Waals surface area contributed by atoms with E-state index in [1.807, 2.05) is 0 Å². The van der Waals surface area contributed by atoms with Gasteiger partial charge in [0, 0.05) is 0 Å². The minimum atomic E-state index is -1.31. The average molecular weight is 396 g/mol. The molecule has 0 bridgehead atoms. The molecule has 1 aliphatic heterocycles. The van der Waals surface area contributed by atoms with Crippen molar-refractivity contribution in [1.29, 1.82) is 0 Å². The van der Waals surface area contributed by atoms with Crippen LogP contribution in [0.25, 0.3) is 0 Å². The molecule has 150 valence electrons. The van der Waals surface area contributed by atoms with Crippen LogP contribution < -0.4 is 24.9 Å². The number of anilines is 1. The van der Waals surface area contributed by atoms with E-state index >= 15 is 0 Å². The molecular formula is C20H18N3O6-. The molecule has 0 fully saturated rings. The number of hydrazone groups is 1. The van der Waals surface area contributed by atoms with Crippen LogP contribution in [0.15, 0.2) is 53.6 Å². The molecule has 0 saturated carbocycles. The van der Waals surface area contributed by atoms with Crippen molar-refractivity contribution in [3.8, 4) is 11.5 Å². The molecule has 29 heavy (non-hydrogen) atoms. The van der Waals surface area contributed by atoms with Crippen LogP contribution in [0.1, 0.15) is 12.5 Å². The molecule has 0 atom stereocenters. The standard InChI is InChI=1S/C20H19N3O6/c1-13(14-6-8-15(9-7-14)28-12-20(26)27)21-22-18(24)10-23-16-4-2-3-5-17(16)29-11-19(23)25/h2-9H,10-12H2,1H3,(H,22,24)(H,26,27)/p-1/b21-13-. The van der Waals surface area contributed by atoms with Crippen LogP contribution in [0, 0.1) is 0 Å². The number of carbonyl (C=O) groups is 3. The lowest BCUT2D eigenvalue weighted by atomic mass is 10.1. The van der Waals surface area contributed by atoms with Crippen LogP contribution >= 0.6 is 0 Å². The van der Waals surface area contributed by atoms with E-state index in [9.17, 15) is 19.5 Å². The highest BCUT2D eigenvalue weighted by atomic mass is 16.5. The van der Waals surface area contributed by atoms with Gasteiger partial charge in [0.2, 0.25) is 0 Å². The Bertz CT molecular complexity index is 955. The third kappa shape index (κ3) is 5.10. The maximum absolute atomic E-state index is 12.3. The van der Waals surface area contributed by atoms with Crippen molar-refractivity contribution in [3.63, 3.8) is 0 Å². The number of amides is 2. The number of nitrogens with one attached hydrogen (secondary N) is 1. The van der Waals surface area contributed by atoms with Gasteiger partial charge in [0.1, 0.15) is 24.7 Å². The Morgan fingerprint density at radius 2 is 1.93 bits per heavy atom. The fraction of sp³-hybridized carbons (Fsp3) is 0.200. The first-order chi connectivity index (χ1) is 13.9. The van der Waals surface area contributed by atoms with Crippen molar-refractivity contribution in [3.05, 3.63) is 54.1 Å². The van der Waals surface area contributed by atoms with Crippen LogP contribution in [-0.2, 0) is 14.4 Å². The highest BCUT2D eigenvalue weighted by Crippen LogP contribution is 2.31. The minimum absolute atomic E-state index is 0.126. The third-order valence-corrected chi connectivity index (χ3v) is 4.09. The Kier molecular flexibility index (Phi) is 6.08. The van der Waals surface area contributed by atoms with Gasteiger partial charge in [0.15, 0.2) is 6.61 Å². The first-order valence-corrected chi connectivity index (χ1v) is 8.72. The summed E-state index contributed by atoms with van der Waals surface area (Å²) < 4.78 is 10.4. The molecule has 0 unspecified atom stereocenters. The van der Waals surface area contributed by atoms with Gasteiger partial charge in [-0.1, -0.05) is 12.1 Å².